The smallest absolute Gasteiger partial charge is 0.267 e. The van der Waals surface area contributed by atoms with Gasteiger partial charge >= 0.3 is 0 Å². The second-order valence-corrected chi connectivity index (χ2v) is 5.19. The van der Waals surface area contributed by atoms with E-state index >= 15 is 0 Å². The van der Waals surface area contributed by atoms with Crippen molar-refractivity contribution in [3.8, 4) is 0 Å². The third-order valence-electron chi connectivity index (χ3n) is 3.27. The molecule has 108 valence electrons. The summed E-state index contributed by atoms with van der Waals surface area (Å²) >= 11 is 5.97. The van der Waals surface area contributed by atoms with Gasteiger partial charge in [-0.1, -0.05) is 60.1 Å². The molecule has 0 spiro atoms. The fraction of sp³-hybridized carbons (Fsp3) is 0. The van der Waals surface area contributed by atoms with Crippen LogP contribution < -0.4 is 5.43 Å². The van der Waals surface area contributed by atoms with Gasteiger partial charge in [0.1, 0.15) is 0 Å². The van der Waals surface area contributed by atoms with Crippen molar-refractivity contribution in [1.82, 2.24) is 5.43 Å². The molecule has 22 heavy (non-hydrogen) atoms. The maximum absolute atomic E-state index is 12.0. The fourth-order valence-corrected chi connectivity index (χ4v) is 2.38. The molecule has 4 heteroatoms. The van der Waals surface area contributed by atoms with Crippen LogP contribution in [0.15, 0.2) is 71.8 Å². The zero-order chi connectivity index (χ0) is 15.4. The molecule has 0 aromatic heterocycles. The minimum Gasteiger partial charge on any atom is -0.267 e. The minimum atomic E-state index is -0.331. The summed E-state index contributed by atoms with van der Waals surface area (Å²) in [6.45, 7) is 0. The Balaban J connectivity index is 1.73. The molecule has 0 saturated heterocycles. The summed E-state index contributed by atoms with van der Waals surface area (Å²) in [5.41, 5.74) is 3.80. The number of rotatable bonds is 3. The summed E-state index contributed by atoms with van der Waals surface area (Å²) in [6.07, 6.45) is 1.61. The van der Waals surface area contributed by atoms with Crippen molar-refractivity contribution in [2.75, 3.05) is 0 Å². The molecule has 0 unspecified atom stereocenters. The summed E-state index contributed by atoms with van der Waals surface area (Å²) in [5.74, 6) is -0.331. The van der Waals surface area contributed by atoms with Crippen molar-refractivity contribution < 1.29 is 4.79 Å². The average molecular weight is 309 g/mol. The average Bonchev–Trinajstić information content (AvgIpc) is 2.55. The van der Waals surface area contributed by atoms with Crippen molar-refractivity contribution in [2.45, 2.75) is 0 Å². The third-order valence-corrected chi connectivity index (χ3v) is 3.60. The van der Waals surface area contributed by atoms with Crippen molar-refractivity contribution >= 4 is 34.5 Å². The molecule has 0 aliphatic rings. The first-order valence-electron chi connectivity index (χ1n) is 6.81. The zero-order valence-electron chi connectivity index (χ0n) is 11.7. The van der Waals surface area contributed by atoms with E-state index in [2.05, 4.69) is 16.6 Å². The lowest BCUT2D eigenvalue weighted by Gasteiger charge is -2.02. The Morgan fingerprint density at radius 1 is 0.955 bits per heavy atom. The molecule has 0 aliphatic heterocycles. The Morgan fingerprint density at radius 3 is 2.50 bits per heavy atom. The molecule has 0 atom stereocenters. The Bertz CT molecular complexity index is 858. The Hall–Kier alpha value is -2.65. The van der Waals surface area contributed by atoms with Gasteiger partial charge in [0.15, 0.2) is 0 Å². The maximum atomic E-state index is 12.0. The first-order valence-corrected chi connectivity index (χ1v) is 7.18. The quantitative estimate of drug-likeness (QED) is 0.570. The van der Waals surface area contributed by atoms with Crippen LogP contribution in [0.5, 0.6) is 0 Å². The van der Waals surface area contributed by atoms with Gasteiger partial charge in [-0.15, -0.1) is 0 Å². The molecule has 0 aliphatic carbocycles. The Kier molecular flexibility index (Phi) is 4.17. The topological polar surface area (TPSA) is 41.5 Å². The van der Waals surface area contributed by atoms with Crippen LogP contribution in [-0.4, -0.2) is 12.1 Å². The molecule has 0 saturated carbocycles. The van der Waals surface area contributed by atoms with Crippen molar-refractivity contribution in [3.05, 3.63) is 82.9 Å². The molecule has 3 nitrogen and oxygen atoms in total. The van der Waals surface area contributed by atoms with Gasteiger partial charge in [-0.2, -0.15) is 5.10 Å². The summed E-state index contributed by atoms with van der Waals surface area (Å²) in [5, 5.41) is 6.68. The van der Waals surface area contributed by atoms with Crippen LogP contribution in [0.3, 0.4) is 0 Å². The Labute approximate surface area is 133 Å². The first-order chi connectivity index (χ1) is 10.7. The highest BCUT2D eigenvalue weighted by Crippen LogP contribution is 2.15. The molecule has 0 bridgehead atoms. The highest BCUT2D eigenvalue weighted by Gasteiger charge is 2.07. The lowest BCUT2D eigenvalue weighted by molar-refractivity contribution is 0.0955. The molecule has 1 N–H and O–H groups in total. The summed E-state index contributed by atoms with van der Waals surface area (Å²) in [6, 6.07) is 20.9. The highest BCUT2D eigenvalue weighted by molar-refractivity contribution is 6.33. The van der Waals surface area contributed by atoms with E-state index in [1.54, 1.807) is 30.5 Å². The van der Waals surface area contributed by atoms with Crippen LogP contribution in [0, 0.1) is 0 Å². The number of nitrogens with zero attached hydrogens (tertiary/aromatic N) is 1. The molecular formula is C18H13ClN2O. The van der Waals surface area contributed by atoms with Crippen LogP contribution >= 0.6 is 11.6 Å². The van der Waals surface area contributed by atoms with E-state index in [0.717, 1.165) is 10.9 Å². The number of carbonyl (C=O) groups is 1. The van der Waals surface area contributed by atoms with E-state index in [4.69, 9.17) is 11.6 Å². The number of hydrogen-bond donors (Lipinski definition) is 1. The third kappa shape index (κ3) is 3.15. The number of hydrazone groups is 1. The van der Waals surface area contributed by atoms with Gasteiger partial charge in [0.25, 0.3) is 5.91 Å². The standard InChI is InChI=1S/C18H13ClN2O/c19-17-8-4-3-7-16(17)18(22)21-20-12-13-9-10-14-5-1-2-6-15(14)11-13/h1-12H,(H,21,22)/b20-12-. The monoisotopic (exact) mass is 308 g/mol. The van der Waals surface area contributed by atoms with E-state index in [1.165, 1.54) is 5.39 Å². The zero-order valence-corrected chi connectivity index (χ0v) is 12.4. The Morgan fingerprint density at radius 2 is 1.68 bits per heavy atom. The molecule has 3 aromatic rings. The molecule has 0 radical (unpaired) electrons. The highest BCUT2D eigenvalue weighted by atomic mass is 35.5. The van der Waals surface area contributed by atoms with Crippen LogP contribution in [0.2, 0.25) is 5.02 Å². The molecule has 0 heterocycles. The second kappa shape index (κ2) is 6.41. The predicted molar refractivity (Wildman–Crippen MR) is 90.5 cm³/mol. The van der Waals surface area contributed by atoms with Gasteiger partial charge in [-0.25, -0.2) is 5.43 Å². The number of nitrogens with one attached hydrogen (secondary N) is 1. The van der Waals surface area contributed by atoms with Gasteiger partial charge in [0.05, 0.1) is 16.8 Å². The lowest BCUT2D eigenvalue weighted by Crippen LogP contribution is -2.17. The van der Waals surface area contributed by atoms with E-state index in [9.17, 15) is 4.79 Å². The van der Waals surface area contributed by atoms with Crippen LogP contribution in [-0.2, 0) is 0 Å². The van der Waals surface area contributed by atoms with Crippen LogP contribution in [0.4, 0.5) is 0 Å². The SMILES string of the molecule is O=C(N/N=C\c1ccc2ccccc2c1)c1ccccc1Cl. The fourth-order valence-electron chi connectivity index (χ4n) is 2.16. The van der Waals surface area contributed by atoms with Gasteiger partial charge in [-0.05, 0) is 34.5 Å². The summed E-state index contributed by atoms with van der Waals surface area (Å²) in [7, 11) is 0. The van der Waals surface area contributed by atoms with Crippen molar-refractivity contribution in [3.63, 3.8) is 0 Å². The van der Waals surface area contributed by atoms with Gasteiger partial charge in [0, 0.05) is 0 Å². The summed E-state index contributed by atoms with van der Waals surface area (Å²) in [4.78, 5) is 12.0. The van der Waals surface area contributed by atoms with E-state index in [0.29, 0.717) is 10.6 Å². The van der Waals surface area contributed by atoms with Crippen LogP contribution in [0.25, 0.3) is 10.8 Å². The van der Waals surface area contributed by atoms with Crippen molar-refractivity contribution in [1.29, 1.82) is 0 Å². The number of halogens is 1. The summed E-state index contributed by atoms with van der Waals surface area (Å²) < 4.78 is 0. The maximum Gasteiger partial charge on any atom is 0.272 e. The number of benzene rings is 3. The molecule has 3 rings (SSSR count). The lowest BCUT2D eigenvalue weighted by atomic mass is 10.1. The normalized spacial score (nSPS) is 11.0. The number of fused-ring (bicyclic) bond motifs is 1. The molecule has 3 aromatic carbocycles. The van der Waals surface area contributed by atoms with E-state index in [1.807, 2.05) is 36.4 Å². The molecule has 1 amide bonds. The van der Waals surface area contributed by atoms with Crippen LogP contribution in [0.1, 0.15) is 15.9 Å². The van der Waals surface area contributed by atoms with Gasteiger partial charge in [-0.3, -0.25) is 4.79 Å². The van der Waals surface area contributed by atoms with Gasteiger partial charge < -0.3 is 0 Å². The first kappa shape index (κ1) is 14.3. The van der Waals surface area contributed by atoms with E-state index < -0.39 is 0 Å². The molecular weight excluding hydrogens is 296 g/mol. The minimum absolute atomic E-state index is 0.331. The number of amides is 1. The van der Waals surface area contributed by atoms with Crippen molar-refractivity contribution in [2.24, 2.45) is 5.10 Å². The predicted octanol–water partition coefficient (Wildman–Crippen LogP) is 4.26. The molecule has 0 fully saturated rings. The largest absolute Gasteiger partial charge is 0.272 e. The number of carbonyl (C=O) groups excluding carboxylic acids is 1. The van der Waals surface area contributed by atoms with Gasteiger partial charge in [0.2, 0.25) is 0 Å². The second-order valence-electron chi connectivity index (χ2n) is 4.79. The number of hydrogen-bond acceptors (Lipinski definition) is 2. The van der Waals surface area contributed by atoms with E-state index in [-0.39, 0.29) is 5.91 Å².